The number of furan rings is 1. The second-order valence-corrected chi connectivity index (χ2v) is 4.00. The van der Waals surface area contributed by atoms with Crippen molar-refractivity contribution >= 4 is 33.7 Å². The molecule has 2 aromatic rings. The van der Waals surface area contributed by atoms with Crippen LogP contribution in [0.4, 0.5) is 5.82 Å². The first-order valence-electron chi connectivity index (χ1n) is 4.89. The van der Waals surface area contributed by atoms with Crippen molar-refractivity contribution in [3.8, 4) is 0 Å². The van der Waals surface area contributed by atoms with Gasteiger partial charge in [0.25, 0.3) is 0 Å². The molecule has 1 amide bonds. The Morgan fingerprint density at radius 2 is 2.24 bits per heavy atom. The fourth-order valence-corrected chi connectivity index (χ4v) is 1.53. The summed E-state index contributed by atoms with van der Waals surface area (Å²) in [6.45, 7) is 0. The van der Waals surface area contributed by atoms with Gasteiger partial charge in [-0.05, 0) is 46.3 Å². The molecule has 17 heavy (non-hydrogen) atoms. The number of amides is 1. The Hall–Kier alpha value is -1.88. The third-order valence-electron chi connectivity index (χ3n) is 1.91. The van der Waals surface area contributed by atoms with Crippen LogP contribution >= 0.6 is 15.9 Å². The SMILES string of the molecule is O=C(/C=C/c1ccco1)Nc1cccc(Br)n1. The topological polar surface area (TPSA) is 55.1 Å². The number of carbonyl (C=O) groups is 1. The highest BCUT2D eigenvalue weighted by atomic mass is 79.9. The van der Waals surface area contributed by atoms with E-state index in [4.69, 9.17) is 4.42 Å². The molecule has 0 aliphatic heterocycles. The molecule has 86 valence electrons. The van der Waals surface area contributed by atoms with E-state index in [9.17, 15) is 4.79 Å². The maximum absolute atomic E-state index is 11.5. The predicted octanol–water partition coefficient (Wildman–Crippen LogP) is 3.09. The van der Waals surface area contributed by atoms with Gasteiger partial charge in [0.15, 0.2) is 0 Å². The monoisotopic (exact) mass is 292 g/mol. The van der Waals surface area contributed by atoms with E-state index in [0.29, 0.717) is 16.2 Å². The molecule has 2 rings (SSSR count). The Kier molecular flexibility index (Phi) is 3.72. The van der Waals surface area contributed by atoms with Crippen molar-refractivity contribution in [2.24, 2.45) is 0 Å². The average molecular weight is 293 g/mol. The summed E-state index contributed by atoms with van der Waals surface area (Å²) in [6, 6.07) is 8.81. The predicted molar refractivity (Wildman–Crippen MR) is 68.3 cm³/mol. The highest BCUT2D eigenvalue weighted by Crippen LogP contribution is 2.10. The summed E-state index contributed by atoms with van der Waals surface area (Å²) < 4.78 is 5.73. The summed E-state index contributed by atoms with van der Waals surface area (Å²) in [7, 11) is 0. The van der Waals surface area contributed by atoms with E-state index in [2.05, 4.69) is 26.2 Å². The third-order valence-corrected chi connectivity index (χ3v) is 2.35. The highest BCUT2D eigenvalue weighted by molar-refractivity contribution is 9.10. The molecule has 0 spiro atoms. The van der Waals surface area contributed by atoms with Gasteiger partial charge in [-0.25, -0.2) is 4.98 Å². The van der Waals surface area contributed by atoms with Crippen molar-refractivity contribution < 1.29 is 9.21 Å². The molecule has 0 aliphatic carbocycles. The van der Waals surface area contributed by atoms with Crippen molar-refractivity contribution in [3.05, 3.63) is 53.0 Å². The van der Waals surface area contributed by atoms with Crippen LogP contribution in [0, 0.1) is 0 Å². The van der Waals surface area contributed by atoms with Crippen LogP contribution in [0.2, 0.25) is 0 Å². The van der Waals surface area contributed by atoms with Crippen molar-refractivity contribution in [2.45, 2.75) is 0 Å². The lowest BCUT2D eigenvalue weighted by molar-refractivity contribution is -0.111. The minimum Gasteiger partial charge on any atom is -0.465 e. The Morgan fingerprint density at radius 1 is 1.35 bits per heavy atom. The fourth-order valence-electron chi connectivity index (χ4n) is 1.19. The first kappa shape index (κ1) is 11.6. The molecule has 4 nitrogen and oxygen atoms in total. The summed E-state index contributed by atoms with van der Waals surface area (Å²) in [5.74, 6) is 0.864. The molecule has 0 atom stereocenters. The van der Waals surface area contributed by atoms with Crippen LogP contribution < -0.4 is 5.32 Å². The van der Waals surface area contributed by atoms with Crippen molar-refractivity contribution in [2.75, 3.05) is 5.32 Å². The second kappa shape index (κ2) is 5.45. The van der Waals surface area contributed by atoms with Crippen LogP contribution in [0.15, 0.2) is 51.7 Å². The number of nitrogens with one attached hydrogen (secondary N) is 1. The molecule has 0 radical (unpaired) electrons. The maximum Gasteiger partial charge on any atom is 0.249 e. The molecule has 0 saturated heterocycles. The molecule has 5 heteroatoms. The number of aromatic nitrogens is 1. The number of carbonyl (C=O) groups excluding carboxylic acids is 1. The number of nitrogens with zero attached hydrogens (tertiary/aromatic N) is 1. The number of halogens is 1. The van der Waals surface area contributed by atoms with Gasteiger partial charge in [0.2, 0.25) is 5.91 Å². The first-order chi connectivity index (χ1) is 8.24. The van der Waals surface area contributed by atoms with E-state index in [0.717, 1.165) is 0 Å². The van der Waals surface area contributed by atoms with Gasteiger partial charge >= 0.3 is 0 Å². The Labute approximate surface area is 106 Å². The number of anilines is 1. The molecule has 0 fully saturated rings. The molecule has 0 bridgehead atoms. The summed E-state index contributed by atoms with van der Waals surface area (Å²) in [5.41, 5.74) is 0. The van der Waals surface area contributed by atoms with Gasteiger partial charge in [0.1, 0.15) is 16.2 Å². The Bertz CT molecular complexity index is 535. The molecule has 1 N–H and O–H groups in total. The zero-order valence-electron chi connectivity index (χ0n) is 8.76. The van der Waals surface area contributed by atoms with Gasteiger partial charge < -0.3 is 9.73 Å². The first-order valence-corrected chi connectivity index (χ1v) is 5.68. The van der Waals surface area contributed by atoms with Crippen LogP contribution in [0.1, 0.15) is 5.76 Å². The van der Waals surface area contributed by atoms with E-state index in [-0.39, 0.29) is 5.91 Å². The average Bonchev–Trinajstić information content (AvgIpc) is 2.79. The smallest absolute Gasteiger partial charge is 0.249 e. The van der Waals surface area contributed by atoms with Crippen LogP contribution in [0.5, 0.6) is 0 Å². The Morgan fingerprint density at radius 3 is 2.94 bits per heavy atom. The normalized spacial score (nSPS) is 10.6. The lowest BCUT2D eigenvalue weighted by Crippen LogP contribution is -2.08. The number of pyridine rings is 1. The van der Waals surface area contributed by atoms with E-state index < -0.39 is 0 Å². The van der Waals surface area contributed by atoms with Gasteiger partial charge in [0.05, 0.1) is 6.26 Å². The van der Waals surface area contributed by atoms with Crippen LogP contribution in [-0.4, -0.2) is 10.9 Å². The van der Waals surface area contributed by atoms with Gasteiger partial charge in [-0.3, -0.25) is 4.79 Å². The molecular weight excluding hydrogens is 284 g/mol. The van der Waals surface area contributed by atoms with Crippen molar-refractivity contribution in [3.63, 3.8) is 0 Å². The van der Waals surface area contributed by atoms with E-state index in [1.807, 2.05) is 0 Å². The largest absolute Gasteiger partial charge is 0.465 e. The van der Waals surface area contributed by atoms with E-state index in [1.54, 1.807) is 42.7 Å². The second-order valence-electron chi connectivity index (χ2n) is 3.18. The fraction of sp³-hybridized carbons (Fsp3) is 0. The lowest BCUT2D eigenvalue weighted by Gasteiger charge is -2.00. The molecule has 2 heterocycles. The van der Waals surface area contributed by atoms with Gasteiger partial charge in [-0.2, -0.15) is 0 Å². The molecule has 0 aromatic carbocycles. The van der Waals surface area contributed by atoms with Gasteiger partial charge in [-0.15, -0.1) is 0 Å². The summed E-state index contributed by atoms with van der Waals surface area (Å²) in [4.78, 5) is 15.6. The van der Waals surface area contributed by atoms with E-state index in [1.165, 1.54) is 6.08 Å². The molecule has 2 aromatic heterocycles. The maximum atomic E-state index is 11.5. The summed E-state index contributed by atoms with van der Waals surface area (Å²) in [6.07, 6.45) is 4.53. The number of rotatable bonds is 3. The third kappa shape index (κ3) is 3.57. The standard InChI is InChI=1S/C12H9BrN2O2/c13-10-4-1-5-11(14-10)15-12(16)7-6-9-3-2-8-17-9/h1-8H,(H,14,15,16)/b7-6+. The summed E-state index contributed by atoms with van der Waals surface area (Å²) in [5, 5.41) is 2.64. The van der Waals surface area contributed by atoms with Crippen LogP contribution in [0.25, 0.3) is 6.08 Å². The van der Waals surface area contributed by atoms with Crippen LogP contribution in [0.3, 0.4) is 0 Å². The minimum atomic E-state index is -0.257. The lowest BCUT2D eigenvalue weighted by atomic mass is 10.4. The zero-order valence-corrected chi connectivity index (χ0v) is 10.3. The zero-order chi connectivity index (χ0) is 12.1. The molecule has 0 aliphatic rings. The van der Waals surface area contributed by atoms with Crippen molar-refractivity contribution in [1.29, 1.82) is 0 Å². The number of hydrogen-bond acceptors (Lipinski definition) is 3. The van der Waals surface area contributed by atoms with Crippen LogP contribution in [-0.2, 0) is 4.79 Å². The molecule has 0 unspecified atom stereocenters. The van der Waals surface area contributed by atoms with Crippen molar-refractivity contribution in [1.82, 2.24) is 4.98 Å². The number of hydrogen-bond donors (Lipinski definition) is 1. The molecule has 0 saturated carbocycles. The quantitative estimate of drug-likeness (QED) is 0.699. The Balaban J connectivity index is 1.98. The molecular formula is C12H9BrN2O2. The van der Waals surface area contributed by atoms with Gasteiger partial charge in [-0.1, -0.05) is 6.07 Å². The minimum absolute atomic E-state index is 0.257. The highest BCUT2D eigenvalue weighted by Gasteiger charge is 1.99. The van der Waals surface area contributed by atoms with Gasteiger partial charge in [0, 0.05) is 6.08 Å². The van der Waals surface area contributed by atoms with E-state index >= 15 is 0 Å². The summed E-state index contributed by atoms with van der Waals surface area (Å²) >= 11 is 3.23.